The van der Waals surface area contributed by atoms with Gasteiger partial charge in [0.1, 0.15) is 0 Å². The first-order valence-electron chi connectivity index (χ1n) is 6.97. The van der Waals surface area contributed by atoms with Crippen LogP contribution in [0.5, 0.6) is 0 Å². The van der Waals surface area contributed by atoms with Crippen LogP contribution in [0.1, 0.15) is 53.2 Å². The lowest BCUT2D eigenvalue weighted by Gasteiger charge is -2.19. The quantitative estimate of drug-likeness (QED) is 0.882. The largest absolute Gasteiger partial charge is 0.370 e. The van der Waals surface area contributed by atoms with Gasteiger partial charge in [-0.25, -0.2) is 0 Å². The van der Waals surface area contributed by atoms with Gasteiger partial charge in [0.25, 0.3) is 0 Å². The number of amides is 1. The Kier molecular flexibility index (Phi) is 2.73. The lowest BCUT2D eigenvalue weighted by atomic mass is 9.82. The molecule has 19 heavy (non-hydrogen) atoms. The fourth-order valence-electron chi connectivity index (χ4n) is 3.55. The maximum atomic E-state index is 12.5. The van der Waals surface area contributed by atoms with Crippen molar-refractivity contribution in [1.29, 1.82) is 0 Å². The second-order valence-corrected chi connectivity index (χ2v) is 6.19. The van der Waals surface area contributed by atoms with E-state index in [2.05, 4.69) is 12.1 Å². The summed E-state index contributed by atoms with van der Waals surface area (Å²) in [5, 5.41) is 0. The predicted octanol–water partition coefficient (Wildman–Crippen LogP) is 2.19. The van der Waals surface area contributed by atoms with Gasteiger partial charge in [-0.15, -0.1) is 0 Å². The molecule has 3 heteroatoms. The van der Waals surface area contributed by atoms with Crippen LogP contribution < -0.4 is 5.73 Å². The van der Waals surface area contributed by atoms with Gasteiger partial charge in [0.05, 0.1) is 0 Å². The van der Waals surface area contributed by atoms with Gasteiger partial charge in [0.2, 0.25) is 5.91 Å². The monoisotopic (exact) mass is 257 g/mol. The molecule has 3 nitrogen and oxygen atoms in total. The average molecular weight is 257 g/mol. The molecule has 0 fully saturated rings. The maximum Gasteiger partial charge on any atom is 0.218 e. The lowest BCUT2D eigenvalue weighted by Crippen LogP contribution is -2.30. The number of aryl methyl sites for hydroxylation is 2. The molecule has 0 heterocycles. The van der Waals surface area contributed by atoms with Crippen LogP contribution in [0.3, 0.4) is 0 Å². The Hall–Kier alpha value is -1.64. The number of fused-ring (bicyclic) bond motifs is 2. The van der Waals surface area contributed by atoms with Crippen molar-refractivity contribution in [3.05, 3.63) is 34.4 Å². The highest BCUT2D eigenvalue weighted by molar-refractivity contribution is 6.06. The summed E-state index contributed by atoms with van der Waals surface area (Å²) in [6.07, 6.45) is 5.42. The Bertz CT molecular complexity index is 576. The SMILES string of the molecule is CC1(CC(N)=O)Cc2cc3c(cc2C1=O)CCCC3. The summed E-state index contributed by atoms with van der Waals surface area (Å²) in [6.45, 7) is 1.86. The van der Waals surface area contributed by atoms with Crippen LogP contribution >= 0.6 is 0 Å². The van der Waals surface area contributed by atoms with Crippen LogP contribution in [0.15, 0.2) is 12.1 Å². The van der Waals surface area contributed by atoms with Gasteiger partial charge in [-0.3, -0.25) is 9.59 Å². The number of hydrogen-bond acceptors (Lipinski definition) is 2. The molecule has 0 saturated carbocycles. The molecule has 100 valence electrons. The molecule has 2 aliphatic rings. The van der Waals surface area contributed by atoms with Gasteiger partial charge in [-0.2, -0.15) is 0 Å². The summed E-state index contributed by atoms with van der Waals surface area (Å²) in [7, 11) is 0. The third kappa shape index (κ3) is 1.97. The molecule has 0 spiro atoms. The highest BCUT2D eigenvalue weighted by atomic mass is 16.1. The predicted molar refractivity (Wildman–Crippen MR) is 73.0 cm³/mol. The first-order valence-corrected chi connectivity index (χ1v) is 6.97. The Morgan fingerprint density at radius 2 is 1.84 bits per heavy atom. The van der Waals surface area contributed by atoms with Crippen molar-refractivity contribution in [2.75, 3.05) is 0 Å². The van der Waals surface area contributed by atoms with E-state index in [9.17, 15) is 9.59 Å². The Morgan fingerprint density at radius 1 is 1.21 bits per heavy atom. The van der Waals surface area contributed by atoms with Crippen molar-refractivity contribution in [1.82, 2.24) is 0 Å². The highest BCUT2D eigenvalue weighted by Gasteiger charge is 2.43. The summed E-state index contributed by atoms with van der Waals surface area (Å²) >= 11 is 0. The molecule has 1 aromatic carbocycles. The zero-order valence-electron chi connectivity index (χ0n) is 11.3. The molecule has 2 N–H and O–H groups in total. The van der Waals surface area contributed by atoms with Gasteiger partial charge in [0, 0.05) is 17.4 Å². The van der Waals surface area contributed by atoms with Crippen molar-refractivity contribution < 1.29 is 9.59 Å². The second kappa shape index (κ2) is 4.19. The van der Waals surface area contributed by atoms with E-state index >= 15 is 0 Å². The number of rotatable bonds is 2. The number of Topliss-reactive ketones (excluding diaryl/α,β-unsaturated/α-hetero) is 1. The summed E-state index contributed by atoms with van der Waals surface area (Å²) in [5.41, 5.74) is 9.30. The summed E-state index contributed by atoms with van der Waals surface area (Å²) in [6, 6.07) is 4.26. The van der Waals surface area contributed by atoms with Crippen molar-refractivity contribution in [3.8, 4) is 0 Å². The Balaban J connectivity index is 2.01. The van der Waals surface area contributed by atoms with E-state index in [1.807, 2.05) is 6.92 Å². The van der Waals surface area contributed by atoms with Gasteiger partial charge < -0.3 is 5.73 Å². The maximum absolute atomic E-state index is 12.5. The minimum Gasteiger partial charge on any atom is -0.370 e. The molecule has 0 aliphatic heterocycles. The van der Waals surface area contributed by atoms with E-state index in [0.29, 0.717) is 6.42 Å². The number of hydrogen-bond donors (Lipinski definition) is 1. The average Bonchev–Trinajstić information content (AvgIpc) is 2.58. The number of nitrogens with two attached hydrogens (primary N) is 1. The highest BCUT2D eigenvalue weighted by Crippen LogP contribution is 2.41. The molecule has 1 unspecified atom stereocenters. The lowest BCUT2D eigenvalue weighted by molar-refractivity contribution is -0.119. The van der Waals surface area contributed by atoms with E-state index in [4.69, 9.17) is 5.73 Å². The van der Waals surface area contributed by atoms with Gasteiger partial charge >= 0.3 is 0 Å². The first kappa shape index (κ1) is 12.4. The van der Waals surface area contributed by atoms with E-state index in [1.165, 1.54) is 24.0 Å². The van der Waals surface area contributed by atoms with E-state index in [-0.39, 0.29) is 12.2 Å². The first-order chi connectivity index (χ1) is 8.99. The molecule has 0 bridgehead atoms. The standard InChI is InChI=1S/C16H19NO2/c1-16(9-14(17)18)8-12-6-10-4-2-3-5-11(10)7-13(12)15(16)19/h6-7H,2-5,8-9H2,1H3,(H2,17,18). The Labute approximate surface area is 113 Å². The van der Waals surface area contributed by atoms with Crippen molar-refractivity contribution >= 4 is 11.7 Å². The molecule has 1 atom stereocenters. The normalized spacial score (nSPS) is 25.0. The summed E-state index contributed by atoms with van der Waals surface area (Å²) < 4.78 is 0. The zero-order chi connectivity index (χ0) is 13.6. The van der Waals surface area contributed by atoms with Gasteiger partial charge in [0.15, 0.2) is 5.78 Å². The van der Waals surface area contributed by atoms with Crippen LogP contribution in [0.2, 0.25) is 0 Å². The zero-order valence-corrected chi connectivity index (χ0v) is 11.3. The minimum atomic E-state index is -0.627. The minimum absolute atomic E-state index is 0.0923. The fourth-order valence-corrected chi connectivity index (χ4v) is 3.55. The second-order valence-electron chi connectivity index (χ2n) is 6.19. The van der Waals surface area contributed by atoms with E-state index < -0.39 is 11.3 Å². The van der Waals surface area contributed by atoms with Crippen molar-refractivity contribution in [2.45, 2.75) is 45.4 Å². The van der Waals surface area contributed by atoms with Crippen LogP contribution in [-0.4, -0.2) is 11.7 Å². The summed E-state index contributed by atoms with van der Waals surface area (Å²) in [5.74, 6) is -0.303. The molecule has 0 saturated heterocycles. The van der Waals surface area contributed by atoms with Gasteiger partial charge in [-0.1, -0.05) is 13.0 Å². The molecule has 0 aromatic heterocycles. The molecular weight excluding hydrogens is 238 g/mol. The number of carbonyl (C=O) groups excluding carboxylic acids is 2. The molecule has 0 radical (unpaired) electrons. The third-order valence-corrected chi connectivity index (χ3v) is 4.51. The van der Waals surface area contributed by atoms with Crippen molar-refractivity contribution in [3.63, 3.8) is 0 Å². The van der Waals surface area contributed by atoms with Crippen LogP contribution in [0, 0.1) is 5.41 Å². The molecule has 1 amide bonds. The fraction of sp³-hybridized carbons (Fsp3) is 0.500. The van der Waals surface area contributed by atoms with E-state index in [0.717, 1.165) is 24.0 Å². The third-order valence-electron chi connectivity index (χ3n) is 4.51. The van der Waals surface area contributed by atoms with Crippen LogP contribution in [0.25, 0.3) is 0 Å². The molecule has 2 aliphatic carbocycles. The topological polar surface area (TPSA) is 60.2 Å². The number of ketones is 1. The molecule has 3 rings (SSSR count). The summed E-state index contributed by atoms with van der Waals surface area (Å²) in [4.78, 5) is 23.7. The van der Waals surface area contributed by atoms with Crippen LogP contribution in [-0.2, 0) is 24.1 Å². The number of benzene rings is 1. The van der Waals surface area contributed by atoms with Crippen LogP contribution in [0.4, 0.5) is 0 Å². The Morgan fingerprint density at radius 3 is 2.47 bits per heavy atom. The smallest absolute Gasteiger partial charge is 0.218 e. The molecule has 1 aromatic rings. The van der Waals surface area contributed by atoms with Crippen molar-refractivity contribution in [2.24, 2.45) is 11.1 Å². The van der Waals surface area contributed by atoms with Gasteiger partial charge in [-0.05, 0) is 54.9 Å². The van der Waals surface area contributed by atoms with E-state index in [1.54, 1.807) is 0 Å². The molecular formula is C16H19NO2. The number of carbonyl (C=O) groups is 2. The number of primary amides is 1.